The van der Waals surface area contributed by atoms with Gasteiger partial charge in [0.1, 0.15) is 11.3 Å². The molecule has 0 radical (unpaired) electrons. The van der Waals surface area contributed by atoms with Gasteiger partial charge in [-0.05, 0) is 24.1 Å². The highest BCUT2D eigenvalue weighted by Crippen LogP contribution is 2.23. The summed E-state index contributed by atoms with van der Waals surface area (Å²) in [6, 6.07) is 4.10. The Morgan fingerprint density at radius 2 is 2.06 bits per heavy atom. The zero-order chi connectivity index (χ0) is 13.1. The van der Waals surface area contributed by atoms with E-state index in [1.807, 2.05) is 6.92 Å². The Morgan fingerprint density at radius 3 is 2.53 bits per heavy atom. The van der Waals surface area contributed by atoms with Crippen molar-refractivity contribution in [3.8, 4) is 5.75 Å². The summed E-state index contributed by atoms with van der Waals surface area (Å²) >= 11 is 0. The highest BCUT2D eigenvalue weighted by Gasteiger charge is 2.29. The topological polar surface area (TPSA) is 46.5 Å². The molecule has 17 heavy (non-hydrogen) atoms. The summed E-state index contributed by atoms with van der Waals surface area (Å²) in [5.74, 6) is -1.58. The fraction of sp³-hybridized carbons (Fsp3) is 0.364. The summed E-state index contributed by atoms with van der Waals surface area (Å²) in [6.45, 7) is 0.315. The van der Waals surface area contributed by atoms with E-state index in [1.54, 1.807) is 0 Å². The monoisotopic (exact) mass is 248 g/mol. The fourth-order valence-corrected chi connectivity index (χ4v) is 1.25. The van der Waals surface area contributed by atoms with Crippen molar-refractivity contribution < 1.29 is 27.8 Å². The molecule has 0 atom stereocenters. The van der Waals surface area contributed by atoms with Gasteiger partial charge in [0.2, 0.25) is 0 Å². The van der Waals surface area contributed by atoms with Gasteiger partial charge in [-0.3, -0.25) is 0 Å². The van der Waals surface area contributed by atoms with Gasteiger partial charge in [-0.15, -0.1) is 0 Å². The zero-order valence-electron chi connectivity index (χ0n) is 9.04. The largest absolute Gasteiger partial charge is 0.483 e. The predicted molar refractivity (Wildman–Crippen MR) is 54.3 cm³/mol. The number of halogens is 3. The molecule has 0 saturated heterocycles. The Bertz CT molecular complexity index is 413. The van der Waals surface area contributed by atoms with Crippen LogP contribution in [0, 0.1) is 0 Å². The SMILES string of the molecule is CCc1ccc(OCC(F)(F)F)c(C(=O)O)c1. The minimum Gasteiger partial charge on any atom is -0.483 e. The van der Waals surface area contributed by atoms with Gasteiger partial charge in [-0.1, -0.05) is 13.0 Å². The van der Waals surface area contributed by atoms with E-state index >= 15 is 0 Å². The Kier molecular flexibility index (Phi) is 3.98. The second-order valence-corrected chi connectivity index (χ2v) is 3.39. The number of hydrogen-bond donors (Lipinski definition) is 1. The summed E-state index contributed by atoms with van der Waals surface area (Å²) in [7, 11) is 0. The Morgan fingerprint density at radius 1 is 1.41 bits per heavy atom. The lowest BCUT2D eigenvalue weighted by Crippen LogP contribution is -2.20. The molecular formula is C11H11F3O3. The molecule has 0 amide bonds. The van der Waals surface area contributed by atoms with Crippen LogP contribution in [-0.4, -0.2) is 23.9 Å². The van der Waals surface area contributed by atoms with Crippen LogP contribution in [0.2, 0.25) is 0 Å². The van der Waals surface area contributed by atoms with E-state index in [0.717, 1.165) is 5.56 Å². The maximum Gasteiger partial charge on any atom is 0.422 e. The maximum absolute atomic E-state index is 11.9. The second kappa shape index (κ2) is 5.07. The van der Waals surface area contributed by atoms with Crippen molar-refractivity contribution in [2.24, 2.45) is 0 Å². The normalized spacial score (nSPS) is 11.3. The molecule has 6 heteroatoms. The molecule has 0 aliphatic rings. The standard InChI is InChI=1S/C11H11F3O3/c1-2-7-3-4-9(8(5-7)10(15)16)17-6-11(12,13)14/h3-5H,2,6H2,1H3,(H,15,16). The van der Waals surface area contributed by atoms with Crippen LogP contribution in [0.4, 0.5) is 13.2 Å². The molecule has 0 heterocycles. The molecule has 0 bridgehead atoms. The van der Waals surface area contributed by atoms with Crippen LogP contribution >= 0.6 is 0 Å². The highest BCUT2D eigenvalue weighted by molar-refractivity contribution is 5.91. The van der Waals surface area contributed by atoms with E-state index in [9.17, 15) is 18.0 Å². The number of alkyl halides is 3. The van der Waals surface area contributed by atoms with Crippen molar-refractivity contribution in [3.63, 3.8) is 0 Å². The van der Waals surface area contributed by atoms with Crippen molar-refractivity contribution in [1.29, 1.82) is 0 Å². The number of benzene rings is 1. The van der Waals surface area contributed by atoms with E-state index < -0.39 is 18.8 Å². The summed E-state index contributed by atoms with van der Waals surface area (Å²) in [4.78, 5) is 10.9. The molecule has 94 valence electrons. The molecule has 0 unspecified atom stereocenters. The molecule has 0 fully saturated rings. The van der Waals surface area contributed by atoms with E-state index in [-0.39, 0.29) is 11.3 Å². The quantitative estimate of drug-likeness (QED) is 0.891. The Balaban J connectivity index is 2.95. The Labute approximate surface area is 95.8 Å². The fourth-order valence-electron chi connectivity index (χ4n) is 1.25. The third-order valence-corrected chi connectivity index (χ3v) is 2.07. The number of carboxylic acids is 1. The number of ether oxygens (including phenoxy) is 1. The van der Waals surface area contributed by atoms with Crippen LogP contribution in [-0.2, 0) is 6.42 Å². The van der Waals surface area contributed by atoms with Gasteiger partial charge in [-0.25, -0.2) is 4.79 Å². The lowest BCUT2D eigenvalue weighted by atomic mass is 10.1. The number of aryl methyl sites for hydroxylation is 1. The van der Waals surface area contributed by atoms with E-state index in [2.05, 4.69) is 4.74 Å². The van der Waals surface area contributed by atoms with Crippen LogP contribution in [0.15, 0.2) is 18.2 Å². The molecule has 1 aromatic rings. The van der Waals surface area contributed by atoms with Crippen molar-refractivity contribution in [3.05, 3.63) is 29.3 Å². The van der Waals surface area contributed by atoms with Crippen LogP contribution in [0.3, 0.4) is 0 Å². The van der Waals surface area contributed by atoms with Gasteiger partial charge in [0.05, 0.1) is 0 Å². The minimum atomic E-state index is -4.49. The number of rotatable bonds is 4. The molecule has 0 aliphatic heterocycles. The molecule has 1 aromatic carbocycles. The number of hydrogen-bond acceptors (Lipinski definition) is 2. The summed E-state index contributed by atoms with van der Waals surface area (Å²) in [5, 5.41) is 8.85. The van der Waals surface area contributed by atoms with E-state index in [4.69, 9.17) is 5.11 Å². The first-order chi connectivity index (χ1) is 7.83. The predicted octanol–water partition coefficient (Wildman–Crippen LogP) is 2.89. The molecule has 0 saturated carbocycles. The highest BCUT2D eigenvalue weighted by atomic mass is 19.4. The smallest absolute Gasteiger partial charge is 0.422 e. The first-order valence-electron chi connectivity index (χ1n) is 4.89. The molecule has 1 rings (SSSR count). The van der Waals surface area contributed by atoms with Gasteiger partial charge in [-0.2, -0.15) is 13.2 Å². The lowest BCUT2D eigenvalue weighted by Gasteiger charge is -2.12. The first-order valence-corrected chi connectivity index (χ1v) is 4.89. The molecular weight excluding hydrogens is 237 g/mol. The summed E-state index contributed by atoms with van der Waals surface area (Å²) < 4.78 is 40.3. The average Bonchev–Trinajstić information content (AvgIpc) is 2.25. The van der Waals surface area contributed by atoms with Crippen LogP contribution in [0.1, 0.15) is 22.8 Å². The van der Waals surface area contributed by atoms with Gasteiger partial charge in [0.15, 0.2) is 6.61 Å². The number of carbonyl (C=O) groups is 1. The second-order valence-electron chi connectivity index (χ2n) is 3.39. The van der Waals surface area contributed by atoms with Crippen molar-refractivity contribution in [2.75, 3.05) is 6.61 Å². The average molecular weight is 248 g/mol. The van der Waals surface area contributed by atoms with E-state index in [1.165, 1.54) is 18.2 Å². The van der Waals surface area contributed by atoms with Crippen LogP contribution in [0.25, 0.3) is 0 Å². The van der Waals surface area contributed by atoms with Gasteiger partial charge in [0, 0.05) is 0 Å². The molecule has 3 nitrogen and oxygen atoms in total. The lowest BCUT2D eigenvalue weighted by molar-refractivity contribution is -0.153. The molecule has 1 N–H and O–H groups in total. The number of carboxylic acid groups (broad SMARTS) is 1. The van der Waals surface area contributed by atoms with Gasteiger partial charge < -0.3 is 9.84 Å². The van der Waals surface area contributed by atoms with Crippen LogP contribution < -0.4 is 4.74 Å². The minimum absolute atomic E-state index is 0.256. The number of aromatic carboxylic acids is 1. The molecule has 0 spiro atoms. The molecule has 0 aromatic heterocycles. The zero-order valence-corrected chi connectivity index (χ0v) is 9.04. The third kappa shape index (κ3) is 3.97. The molecule has 0 aliphatic carbocycles. The summed E-state index contributed by atoms with van der Waals surface area (Å²) in [5.41, 5.74) is 0.468. The summed E-state index contributed by atoms with van der Waals surface area (Å²) in [6.07, 6.45) is -3.89. The van der Waals surface area contributed by atoms with Gasteiger partial charge in [0.25, 0.3) is 0 Å². The van der Waals surface area contributed by atoms with Crippen LogP contribution in [0.5, 0.6) is 5.75 Å². The van der Waals surface area contributed by atoms with Crippen molar-refractivity contribution >= 4 is 5.97 Å². The van der Waals surface area contributed by atoms with Crippen molar-refractivity contribution in [2.45, 2.75) is 19.5 Å². The van der Waals surface area contributed by atoms with Gasteiger partial charge >= 0.3 is 12.1 Å². The third-order valence-electron chi connectivity index (χ3n) is 2.07. The van der Waals surface area contributed by atoms with Crippen molar-refractivity contribution in [1.82, 2.24) is 0 Å². The first kappa shape index (κ1) is 13.3. The maximum atomic E-state index is 11.9. The van der Waals surface area contributed by atoms with E-state index in [0.29, 0.717) is 6.42 Å². The Hall–Kier alpha value is -1.72.